The van der Waals surface area contributed by atoms with Crippen LogP contribution < -0.4 is 4.74 Å². The number of fused-ring (bicyclic) bond motifs is 1. The van der Waals surface area contributed by atoms with E-state index in [1.807, 2.05) is 0 Å². The quantitative estimate of drug-likeness (QED) is 0.615. The predicted molar refractivity (Wildman–Crippen MR) is 66.4 cm³/mol. The molecule has 2 rings (SSSR count). The third-order valence-electron chi connectivity index (χ3n) is 2.78. The molecule has 1 aromatic carbocycles. The molecule has 2 atom stereocenters. The number of nitro groups is 1. The second-order valence-corrected chi connectivity index (χ2v) is 4.18. The minimum Gasteiger partial charge on any atom is -0.462 e. The Bertz CT molecular complexity index is 633. The summed E-state index contributed by atoms with van der Waals surface area (Å²) < 4.78 is 50.0. The van der Waals surface area contributed by atoms with E-state index in [-0.39, 0.29) is 11.3 Å². The van der Waals surface area contributed by atoms with Gasteiger partial charge in [0.2, 0.25) is 12.3 Å². The maximum atomic E-state index is 11.0. The largest absolute Gasteiger partial charge is 0.462 e. The number of hydrogen-bond donors (Lipinski definition) is 0. The van der Waals surface area contributed by atoms with Gasteiger partial charge in [-0.1, -0.05) is 17.7 Å². The first-order valence-electron chi connectivity index (χ1n) is 7.93. The van der Waals surface area contributed by atoms with Crippen LogP contribution in [0.25, 0.3) is 0 Å². The Kier molecular flexibility index (Phi) is 1.96. The van der Waals surface area contributed by atoms with Gasteiger partial charge in [-0.2, -0.15) is 0 Å². The van der Waals surface area contributed by atoms with Crippen LogP contribution in [0.15, 0.2) is 18.2 Å². The van der Waals surface area contributed by atoms with Crippen LogP contribution in [0, 0.1) is 17.0 Å². The Balaban J connectivity index is 2.73. The van der Waals surface area contributed by atoms with Gasteiger partial charge < -0.3 is 9.47 Å². The minimum absolute atomic E-state index is 0.0792. The molecule has 0 bridgehead atoms. The van der Waals surface area contributed by atoms with Gasteiger partial charge in [0.25, 0.3) is 0 Å². The van der Waals surface area contributed by atoms with E-state index in [9.17, 15) is 10.1 Å². The van der Waals surface area contributed by atoms with Crippen molar-refractivity contribution in [1.82, 2.24) is 0 Å². The van der Waals surface area contributed by atoms with Gasteiger partial charge in [-0.05, 0) is 13.0 Å². The predicted octanol–water partition coefficient (Wildman–Crippen LogP) is 2.50. The molecule has 0 saturated heterocycles. The molecule has 0 spiro atoms. The van der Waals surface area contributed by atoms with Crippen LogP contribution in [-0.2, 0) is 4.74 Å². The van der Waals surface area contributed by atoms with E-state index in [0.29, 0.717) is 0 Å². The summed E-state index contributed by atoms with van der Waals surface area (Å²) in [5.41, 5.74) is 1.03. The standard InChI is InChI=1S/C13H17NO4/c1-9-4-5-12-11(6-9)10(8-14(15)16)7-13(2,17-3)18-12/h4-6,10H,7-8H2,1-3H3/t10-,13-/m1/s1/i2D3,7D2. The van der Waals surface area contributed by atoms with E-state index in [1.165, 1.54) is 6.07 Å². The number of benzene rings is 1. The van der Waals surface area contributed by atoms with Crippen molar-refractivity contribution in [2.45, 2.75) is 31.9 Å². The van der Waals surface area contributed by atoms with Gasteiger partial charge in [-0.15, -0.1) is 0 Å². The number of hydrogen-bond acceptors (Lipinski definition) is 4. The summed E-state index contributed by atoms with van der Waals surface area (Å²) in [6, 6.07) is 4.70. The van der Waals surface area contributed by atoms with Crippen molar-refractivity contribution >= 4 is 0 Å². The van der Waals surface area contributed by atoms with Crippen LogP contribution in [0.2, 0.25) is 0 Å². The van der Waals surface area contributed by atoms with Crippen LogP contribution in [0.1, 0.15) is 37.1 Å². The van der Waals surface area contributed by atoms with E-state index >= 15 is 0 Å². The van der Waals surface area contributed by atoms with Crippen molar-refractivity contribution in [2.75, 3.05) is 13.7 Å². The molecule has 98 valence electrons. The van der Waals surface area contributed by atoms with Crippen LogP contribution in [0.5, 0.6) is 5.75 Å². The summed E-state index contributed by atoms with van der Waals surface area (Å²) in [5.74, 6) is -3.86. The SMILES string of the molecule is [2H]C([2H])([2H])[C@@]1(OC)Oc2ccc(C)cc2[C@@H](C[N+](=O)[O-])C1([2H])[2H]. The summed E-state index contributed by atoms with van der Waals surface area (Å²) >= 11 is 0. The van der Waals surface area contributed by atoms with Crippen molar-refractivity contribution < 1.29 is 21.3 Å². The fourth-order valence-corrected chi connectivity index (χ4v) is 1.92. The molecule has 5 nitrogen and oxygen atoms in total. The molecule has 1 aliphatic rings. The van der Waals surface area contributed by atoms with E-state index in [0.717, 1.165) is 12.7 Å². The Morgan fingerprint density at radius 3 is 3.17 bits per heavy atom. The lowest BCUT2D eigenvalue weighted by Crippen LogP contribution is -2.41. The van der Waals surface area contributed by atoms with Gasteiger partial charge in [0.05, 0.1) is 5.92 Å². The lowest BCUT2D eigenvalue weighted by atomic mass is 9.87. The van der Waals surface area contributed by atoms with E-state index in [1.54, 1.807) is 19.1 Å². The van der Waals surface area contributed by atoms with Crippen molar-refractivity contribution in [3.8, 4) is 5.75 Å². The summed E-state index contributed by atoms with van der Waals surface area (Å²) in [4.78, 5) is 10.3. The summed E-state index contributed by atoms with van der Waals surface area (Å²) in [5, 5.41) is 11.0. The summed E-state index contributed by atoms with van der Waals surface area (Å²) in [6.07, 6.45) is -2.64. The zero-order valence-corrected chi connectivity index (χ0v) is 10.1. The lowest BCUT2D eigenvalue weighted by Gasteiger charge is -2.37. The van der Waals surface area contributed by atoms with E-state index in [2.05, 4.69) is 0 Å². The molecule has 0 saturated carbocycles. The topological polar surface area (TPSA) is 61.6 Å². The van der Waals surface area contributed by atoms with Gasteiger partial charge >= 0.3 is 0 Å². The Labute approximate surface area is 113 Å². The number of ether oxygens (including phenoxy) is 2. The van der Waals surface area contributed by atoms with Crippen LogP contribution in [-0.4, -0.2) is 24.4 Å². The molecular weight excluding hydrogens is 234 g/mol. The highest BCUT2D eigenvalue weighted by Gasteiger charge is 2.39. The molecule has 0 radical (unpaired) electrons. The van der Waals surface area contributed by atoms with Crippen LogP contribution in [0.4, 0.5) is 0 Å². The van der Waals surface area contributed by atoms with Crippen molar-refractivity contribution in [1.29, 1.82) is 0 Å². The third kappa shape index (κ3) is 2.46. The van der Waals surface area contributed by atoms with Gasteiger partial charge in [-0.3, -0.25) is 10.1 Å². The normalized spacial score (nSPS) is 33.9. The summed E-state index contributed by atoms with van der Waals surface area (Å²) in [7, 11) is 1.02. The molecule has 0 aliphatic carbocycles. The molecule has 0 amide bonds. The third-order valence-corrected chi connectivity index (χ3v) is 2.78. The Hall–Kier alpha value is -1.62. The van der Waals surface area contributed by atoms with Crippen molar-refractivity contribution in [3.63, 3.8) is 0 Å². The molecule has 18 heavy (non-hydrogen) atoms. The molecule has 0 fully saturated rings. The highest BCUT2D eigenvalue weighted by Crippen LogP contribution is 2.41. The fourth-order valence-electron chi connectivity index (χ4n) is 1.92. The monoisotopic (exact) mass is 256 g/mol. The fraction of sp³-hybridized carbons (Fsp3) is 0.538. The van der Waals surface area contributed by atoms with Crippen LogP contribution >= 0.6 is 0 Å². The van der Waals surface area contributed by atoms with Crippen LogP contribution in [0.3, 0.4) is 0 Å². The second kappa shape index (κ2) is 4.57. The van der Waals surface area contributed by atoms with Gasteiger partial charge in [-0.25, -0.2) is 0 Å². The molecular formula is C13H17NO4. The van der Waals surface area contributed by atoms with E-state index < -0.39 is 36.4 Å². The van der Waals surface area contributed by atoms with Gasteiger partial charge in [0, 0.05) is 37.7 Å². The zero-order valence-electron chi connectivity index (χ0n) is 15.1. The highest BCUT2D eigenvalue weighted by molar-refractivity contribution is 5.41. The van der Waals surface area contributed by atoms with Gasteiger partial charge in [0.15, 0.2) is 0 Å². The molecule has 5 heteroatoms. The smallest absolute Gasteiger partial charge is 0.211 e. The van der Waals surface area contributed by atoms with Crippen molar-refractivity contribution in [3.05, 3.63) is 39.4 Å². The highest BCUT2D eigenvalue weighted by atomic mass is 16.7. The maximum absolute atomic E-state index is 11.0. The number of rotatable bonds is 3. The molecule has 0 unspecified atom stereocenters. The van der Waals surface area contributed by atoms with Crippen molar-refractivity contribution in [2.24, 2.45) is 0 Å². The average Bonchev–Trinajstić information content (AvgIpc) is 2.40. The first-order chi connectivity index (χ1) is 10.5. The number of methoxy groups -OCH3 is 1. The van der Waals surface area contributed by atoms with Gasteiger partial charge in [0.1, 0.15) is 5.75 Å². The molecule has 0 aromatic heterocycles. The van der Waals surface area contributed by atoms with E-state index in [4.69, 9.17) is 16.3 Å². The molecule has 1 aromatic rings. The average molecular weight is 256 g/mol. The lowest BCUT2D eigenvalue weighted by molar-refractivity contribution is -0.485. The first-order valence-corrected chi connectivity index (χ1v) is 5.43. The summed E-state index contributed by atoms with van der Waals surface area (Å²) in [6.45, 7) is -2.00. The zero-order chi connectivity index (χ0) is 17.6. The molecule has 1 aliphatic heterocycles. The maximum Gasteiger partial charge on any atom is 0.211 e. The minimum atomic E-state index is -2.98. The molecule has 1 heterocycles. The second-order valence-electron chi connectivity index (χ2n) is 4.18. The first kappa shape index (κ1) is 7.74. The Morgan fingerprint density at radius 2 is 2.56 bits per heavy atom. The Morgan fingerprint density at radius 1 is 1.78 bits per heavy atom. The number of aryl methyl sites for hydroxylation is 1. The number of nitrogens with zero attached hydrogens (tertiary/aromatic N) is 1. The molecule has 0 N–H and O–H groups in total.